The van der Waals surface area contributed by atoms with Gasteiger partial charge in [0.2, 0.25) is 10.9 Å². The second kappa shape index (κ2) is 6.31. The monoisotopic (exact) mass is 334 g/mol. The minimum atomic E-state index is -4.24. The van der Waals surface area contributed by atoms with E-state index in [1.165, 1.54) is 18.3 Å². The Morgan fingerprint density at radius 3 is 2.50 bits per heavy atom. The lowest BCUT2D eigenvalue weighted by Gasteiger charge is -2.15. The van der Waals surface area contributed by atoms with Gasteiger partial charge in [-0.15, -0.1) is 0 Å². The molecule has 1 aromatic heterocycles. The van der Waals surface area contributed by atoms with Crippen molar-refractivity contribution in [3.05, 3.63) is 47.5 Å². The number of thiol groups is 1. The van der Waals surface area contributed by atoms with Gasteiger partial charge in [0.15, 0.2) is 5.37 Å². The SMILES string of the molecule is O=[SH](=O)NC(c1ccccc1)S(=O)(=O)Oc1nccs1. The van der Waals surface area contributed by atoms with E-state index in [1.807, 2.05) is 4.72 Å². The fourth-order valence-electron chi connectivity index (χ4n) is 1.43. The van der Waals surface area contributed by atoms with Gasteiger partial charge < -0.3 is 4.18 Å². The van der Waals surface area contributed by atoms with E-state index in [1.54, 1.807) is 23.6 Å². The van der Waals surface area contributed by atoms with Crippen LogP contribution < -0.4 is 8.91 Å². The second-order valence-electron chi connectivity index (χ2n) is 3.55. The van der Waals surface area contributed by atoms with Crippen LogP contribution in [0.25, 0.3) is 0 Å². The van der Waals surface area contributed by atoms with Crippen molar-refractivity contribution in [2.45, 2.75) is 5.37 Å². The normalized spacial score (nSPS) is 13.2. The highest BCUT2D eigenvalue weighted by molar-refractivity contribution is 7.88. The van der Waals surface area contributed by atoms with Crippen LogP contribution in [0.3, 0.4) is 0 Å². The summed E-state index contributed by atoms with van der Waals surface area (Å²) in [5.74, 6) is 0. The first-order chi connectivity index (χ1) is 9.49. The molecule has 0 aliphatic carbocycles. The van der Waals surface area contributed by atoms with Crippen LogP contribution in [0.2, 0.25) is 0 Å². The topological polar surface area (TPSA) is 102 Å². The van der Waals surface area contributed by atoms with E-state index >= 15 is 0 Å². The van der Waals surface area contributed by atoms with Crippen LogP contribution in [0, 0.1) is 0 Å². The van der Waals surface area contributed by atoms with Crippen molar-refractivity contribution in [2.75, 3.05) is 0 Å². The van der Waals surface area contributed by atoms with Crippen molar-refractivity contribution in [2.24, 2.45) is 0 Å². The maximum absolute atomic E-state index is 12.1. The predicted molar refractivity (Wildman–Crippen MR) is 74.3 cm³/mol. The molecule has 0 amide bonds. The lowest BCUT2D eigenvalue weighted by atomic mass is 10.2. The van der Waals surface area contributed by atoms with Crippen LogP contribution in [-0.2, 0) is 21.0 Å². The molecular formula is C10H10N2O5S3. The Hall–Kier alpha value is -1.49. The molecule has 0 radical (unpaired) electrons. The Kier molecular flexibility index (Phi) is 4.70. The van der Waals surface area contributed by atoms with Crippen molar-refractivity contribution in [1.29, 1.82) is 0 Å². The third-order valence-corrected chi connectivity index (χ3v) is 4.97. The number of hydrogen-bond acceptors (Lipinski definition) is 7. The van der Waals surface area contributed by atoms with Crippen LogP contribution in [0.5, 0.6) is 5.19 Å². The minimum absolute atomic E-state index is 0.0751. The molecule has 10 heteroatoms. The molecule has 20 heavy (non-hydrogen) atoms. The molecule has 1 aromatic carbocycles. The van der Waals surface area contributed by atoms with Gasteiger partial charge in [-0.1, -0.05) is 41.7 Å². The summed E-state index contributed by atoms with van der Waals surface area (Å²) in [7, 11) is -7.36. The van der Waals surface area contributed by atoms with Crippen LogP contribution >= 0.6 is 11.3 Å². The molecular weight excluding hydrogens is 324 g/mol. The Bertz CT molecular complexity index is 718. The first-order valence-electron chi connectivity index (χ1n) is 5.27. The summed E-state index contributed by atoms with van der Waals surface area (Å²) < 4.78 is 52.7. The third-order valence-electron chi connectivity index (χ3n) is 2.21. The maximum atomic E-state index is 12.1. The average Bonchev–Trinajstić information content (AvgIpc) is 2.88. The van der Waals surface area contributed by atoms with E-state index < -0.39 is 26.4 Å². The first-order valence-corrected chi connectivity index (χ1v) is 8.80. The van der Waals surface area contributed by atoms with Crippen LogP contribution in [0.1, 0.15) is 10.9 Å². The van der Waals surface area contributed by atoms with Gasteiger partial charge >= 0.3 is 10.1 Å². The molecule has 1 unspecified atom stereocenters. The molecule has 108 valence electrons. The largest absolute Gasteiger partial charge is 0.350 e. The van der Waals surface area contributed by atoms with Gasteiger partial charge in [0.25, 0.3) is 5.19 Å². The molecule has 7 nitrogen and oxygen atoms in total. The number of hydrogen-bond donors (Lipinski definition) is 2. The van der Waals surface area contributed by atoms with E-state index in [0.717, 1.165) is 11.3 Å². The minimum Gasteiger partial charge on any atom is -0.350 e. The Labute approximate surface area is 121 Å². The van der Waals surface area contributed by atoms with Gasteiger partial charge in [0.1, 0.15) is 0 Å². The number of aromatic nitrogens is 1. The van der Waals surface area contributed by atoms with Gasteiger partial charge in [0, 0.05) is 11.6 Å². The zero-order chi connectivity index (χ0) is 14.6. The molecule has 0 aliphatic rings. The van der Waals surface area contributed by atoms with Crippen molar-refractivity contribution in [3.8, 4) is 5.19 Å². The summed E-state index contributed by atoms with van der Waals surface area (Å²) in [5, 5.41) is -0.0493. The summed E-state index contributed by atoms with van der Waals surface area (Å²) in [6.45, 7) is 0. The summed E-state index contributed by atoms with van der Waals surface area (Å²) >= 11 is 0.990. The van der Waals surface area contributed by atoms with Crippen molar-refractivity contribution in [3.63, 3.8) is 0 Å². The van der Waals surface area contributed by atoms with Gasteiger partial charge in [-0.25, -0.2) is 13.4 Å². The maximum Gasteiger partial charge on any atom is 0.332 e. The molecule has 0 saturated heterocycles. The number of nitrogens with zero attached hydrogens (tertiary/aromatic N) is 1. The molecule has 2 rings (SSSR count). The molecule has 1 heterocycles. The lowest BCUT2D eigenvalue weighted by molar-refractivity contribution is 0.466. The Morgan fingerprint density at radius 1 is 1.25 bits per heavy atom. The Morgan fingerprint density at radius 2 is 1.95 bits per heavy atom. The summed E-state index contributed by atoms with van der Waals surface area (Å²) in [4.78, 5) is 3.70. The molecule has 0 fully saturated rings. The van der Waals surface area contributed by atoms with Crippen LogP contribution in [-0.4, -0.2) is 21.8 Å². The highest BCUT2D eigenvalue weighted by Crippen LogP contribution is 2.24. The molecule has 0 bridgehead atoms. The molecule has 0 saturated carbocycles. The second-order valence-corrected chi connectivity index (χ2v) is 6.80. The first kappa shape index (κ1) is 14.9. The third kappa shape index (κ3) is 3.76. The molecule has 1 N–H and O–H groups in total. The number of benzene rings is 1. The highest BCUT2D eigenvalue weighted by Gasteiger charge is 2.30. The fraction of sp³-hybridized carbons (Fsp3) is 0.100. The number of rotatable bonds is 6. The summed E-state index contributed by atoms with van der Waals surface area (Å²) in [6, 6.07) is 7.85. The number of thiazole rings is 1. The van der Waals surface area contributed by atoms with E-state index in [-0.39, 0.29) is 10.8 Å². The molecule has 0 aliphatic heterocycles. The quantitative estimate of drug-likeness (QED) is 0.594. The van der Waals surface area contributed by atoms with E-state index in [9.17, 15) is 16.8 Å². The highest BCUT2D eigenvalue weighted by atomic mass is 32.2. The zero-order valence-corrected chi connectivity index (χ0v) is 12.4. The summed E-state index contributed by atoms with van der Waals surface area (Å²) in [6.07, 6.45) is 1.38. The van der Waals surface area contributed by atoms with E-state index in [0.29, 0.717) is 0 Å². The van der Waals surface area contributed by atoms with E-state index in [4.69, 9.17) is 4.18 Å². The molecule has 2 aromatic rings. The Balaban J connectivity index is 2.35. The number of nitrogens with one attached hydrogen (secondary N) is 1. The van der Waals surface area contributed by atoms with Crippen molar-refractivity contribution in [1.82, 2.24) is 9.71 Å². The van der Waals surface area contributed by atoms with Crippen LogP contribution in [0.4, 0.5) is 0 Å². The predicted octanol–water partition coefficient (Wildman–Crippen LogP) is 0.667. The molecule has 1 atom stereocenters. The lowest BCUT2D eigenvalue weighted by Crippen LogP contribution is -2.30. The standard InChI is InChI=1S/C10H10N2O5S3/c13-19(14)12-9(8-4-2-1-3-5-8)20(15,16)17-10-11-6-7-18-10/h1-7,9,19H,(H,12,13,14). The van der Waals surface area contributed by atoms with Gasteiger partial charge in [-0.2, -0.15) is 13.1 Å². The van der Waals surface area contributed by atoms with Gasteiger partial charge in [0.05, 0.1) is 0 Å². The fourth-order valence-corrected chi connectivity index (χ4v) is 4.17. The van der Waals surface area contributed by atoms with Gasteiger partial charge in [-0.05, 0) is 5.56 Å². The summed E-state index contributed by atoms with van der Waals surface area (Å²) in [5.41, 5.74) is 0.253. The average molecular weight is 334 g/mol. The molecule has 0 spiro atoms. The van der Waals surface area contributed by atoms with E-state index in [2.05, 4.69) is 4.98 Å². The zero-order valence-electron chi connectivity index (χ0n) is 9.87. The van der Waals surface area contributed by atoms with Gasteiger partial charge in [-0.3, -0.25) is 0 Å². The smallest absolute Gasteiger partial charge is 0.332 e. The van der Waals surface area contributed by atoms with Crippen molar-refractivity contribution < 1.29 is 21.0 Å². The van der Waals surface area contributed by atoms with Crippen LogP contribution in [0.15, 0.2) is 41.9 Å². The van der Waals surface area contributed by atoms with Crippen molar-refractivity contribution >= 4 is 32.3 Å².